The van der Waals surface area contributed by atoms with Crippen LogP contribution in [0.5, 0.6) is 0 Å². The molecule has 0 saturated heterocycles. The molecule has 0 saturated carbocycles. The molecular formula is C13H18N4. The second kappa shape index (κ2) is 4.67. The molecule has 4 nitrogen and oxygen atoms in total. The predicted molar refractivity (Wildman–Crippen MR) is 68.5 cm³/mol. The molecule has 0 amide bonds. The molecule has 90 valence electrons. The van der Waals surface area contributed by atoms with Gasteiger partial charge in [0, 0.05) is 5.56 Å². The van der Waals surface area contributed by atoms with Crippen LogP contribution in [0.25, 0.3) is 11.4 Å². The molecule has 2 rings (SSSR count). The molecule has 0 aliphatic heterocycles. The van der Waals surface area contributed by atoms with Gasteiger partial charge in [-0.25, -0.2) is 4.98 Å². The quantitative estimate of drug-likeness (QED) is 0.850. The third-order valence-corrected chi connectivity index (χ3v) is 2.89. The van der Waals surface area contributed by atoms with Crippen LogP contribution in [0.15, 0.2) is 18.2 Å². The van der Waals surface area contributed by atoms with Crippen LogP contribution in [0.1, 0.15) is 36.7 Å². The molecule has 0 unspecified atom stereocenters. The molecule has 3 N–H and O–H groups in total. The van der Waals surface area contributed by atoms with Crippen molar-refractivity contribution in [2.75, 3.05) is 0 Å². The van der Waals surface area contributed by atoms with Crippen molar-refractivity contribution in [2.45, 2.75) is 33.2 Å². The first-order chi connectivity index (χ1) is 8.11. The average Bonchev–Trinajstić information content (AvgIpc) is 2.77. The van der Waals surface area contributed by atoms with Crippen LogP contribution in [0.3, 0.4) is 0 Å². The first-order valence-electron chi connectivity index (χ1n) is 5.84. The monoisotopic (exact) mass is 230 g/mol. The third-order valence-electron chi connectivity index (χ3n) is 2.89. The molecule has 0 aliphatic carbocycles. The van der Waals surface area contributed by atoms with E-state index in [2.05, 4.69) is 54.2 Å². The maximum atomic E-state index is 5.52. The van der Waals surface area contributed by atoms with Crippen LogP contribution in [-0.2, 0) is 6.54 Å². The highest BCUT2D eigenvalue weighted by atomic mass is 15.2. The lowest BCUT2D eigenvalue weighted by molar-refractivity contribution is 0.866. The summed E-state index contributed by atoms with van der Waals surface area (Å²) in [5.41, 5.74) is 9.07. The van der Waals surface area contributed by atoms with Gasteiger partial charge in [-0.15, -0.1) is 0 Å². The molecule has 0 aliphatic rings. The first-order valence-corrected chi connectivity index (χ1v) is 5.84. The molecule has 0 atom stereocenters. The SMILES string of the molecule is Cc1ccc(C(C)C)cc1-c1n[nH]c(CN)n1. The van der Waals surface area contributed by atoms with Gasteiger partial charge in [-0.05, 0) is 30.0 Å². The maximum Gasteiger partial charge on any atom is 0.181 e. The number of H-pyrrole nitrogens is 1. The number of nitrogens with one attached hydrogen (secondary N) is 1. The highest BCUT2D eigenvalue weighted by Crippen LogP contribution is 2.24. The van der Waals surface area contributed by atoms with E-state index in [0.717, 1.165) is 11.4 Å². The summed E-state index contributed by atoms with van der Waals surface area (Å²) in [6.07, 6.45) is 0. The highest BCUT2D eigenvalue weighted by Gasteiger charge is 2.10. The number of nitrogens with zero attached hydrogens (tertiary/aromatic N) is 2. The standard InChI is InChI=1S/C13H18N4/c1-8(2)10-5-4-9(3)11(6-10)13-15-12(7-14)16-17-13/h4-6,8H,7,14H2,1-3H3,(H,15,16,17). The fourth-order valence-corrected chi connectivity index (χ4v) is 1.75. The Morgan fingerprint density at radius 2 is 2.12 bits per heavy atom. The normalized spacial score (nSPS) is 11.1. The summed E-state index contributed by atoms with van der Waals surface area (Å²) in [5, 5.41) is 7.05. The van der Waals surface area contributed by atoms with E-state index in [0.29, 0.717) is 18.3 Å². The topological polar surface area (TPSA) is 67.6 Å². The van der Waals surface area contributed by atoms with Gasteiger partial charge in [-0.2, -0.15) is 5.10 Å². The van der Waals surface area contributed by atoms with Gasteiger partial charge in [0.2, 0.25) is 0 Å². The maximum absolute atomic E-state index is 5.52. The fraction of sp³-hybridized carbons (Fsp3) is 0.385. The lowest BCUT2D eigenvalue weighted by Gasteiger charge is -2.08. The number of rotatable bonds is 3. The Morgan fingerprint density at radius 1 is 1.35 bits per heavy atom. The fourth-order valence-electron chi connectivity index (χ4n) is 1.75. The predicted octanol–water partition coefficient (Wildman–Crippen LogP) is 2.36. The minimum Gasteiger partial charge on any atom is -0.324 e. The van der Waals surface area contributed by atoms with Crippen molar-refractivity contribution in [2.24, 2.45) is 5.73 Å². The Hall–Kier alpha value is -1.68. The van der Waals surface area contributed by atoms with E-state index >= 15 is 0 Å². The van der Waals surface area contributed by atoms with Gasteiger partial charge in [0.05, 0.1) is 6.54 Å². The summed E-state index contributed by atoms with van der Waals surface area (Å²) in [4.78, 5) is 4.37. The van der Waals surface area contributed by atoms with Crippen LogP contribution in [0, 0.1) is 6.92 Å². The smallest absolute Gasteiger partial charge is 0.181 e. The van der Waals surface area contributed by atoms with Crippen molar-refractivity contribution in [1.82, 2.24) is 15.2 Å². The number of aromatic amines is 1. The van der Waals surface area contributed by atoms with Gasteiger partial charge in [-0.1, -0.05) is 26.0 Å². The highest BCUT2D eigenvalue weighted by molar-refractivity contribution is 5.61. The molecular weight excluding hydrogens is 212 g/mol. The zero-order chi connectivity index (χ0) is 12.4. The van der Waals surface area contributed by atoms with E-state index in [1.54, 1.807) is 0 Å². The summed E-state index contributed by atoms with van der Waals surface area (Å²) in [7, 11) is 0. The van der Waals surface area contributed by atoms with Crippen molar-refractivity contribution < 1.29 is 0 Å². The molecule has 0 bridgehead atoms. The van der Waals surface area contributed by atoms with Crippen LogP contribution in [0.4, 0.5) is 0 Å². The molecule has 0 radical (unpaired) electrons. The Morgan fingerprint density at radius 3 is 2.71 bits per heavy atom. The molecule has 1 heterocycles. The van der Waals surface area contributed by atoms with E-state index in [1.807, 2.05) is 0 Å². The lowest BCUT2D eigenvalue weighted by Crippen LogP contribution is -1.98. The molecule has 4 heteroatoms. The summed E-state index contributed by atoms with van der Waals surface area (Å²) in [5.74, 6) is 1.95. The van der Waals surface area contributed by atoms with Gasteiger partial charge in [-0.3, -0.25) is 5.10 Å². The van der Waals surface area contributed by atoms with Crippen molar-refractivity contribution in [3.63, 3.8) is 0 Å². The van der Waals surface area contributed by atoms with Crippen LogP contribution < -0.4 is 5.73 Å². The van der Waals surface area contributed by atoms with E-state index in [1.165, 1.54) is 11.1 Å². The van der Waals surface area contributed by atoms with Gasteiger partial charge >= 0.3 is 0 Å². The van der Waals surface area contributed by atoms with Gasteiger partial charge in [0.25, 0.3) is 0 Å². The van der Waals surface area contributed by atoms with Gasteiger partial charge in [0.15, 0.2) is 5.82 Å². The lowest BCUT2D eigenvalue weighted by atomic mass is 9.97. The second-order valence-corrected chi connectivity index (χ2v) is 4.54. The van der Waals surface area contributed by atoms with E-state index in [-0.39, 0.29) is 0 Å². The molecule has 17 heavy (non-hydrogen) atoms. The zero-order valence-electron chi connectivity index (χ0n) is 10.5. The van der Waals surface area contributed by atoms with Crippen molar-refractivity contribution in [1.29, 1.82) is 0 Å². The molecule has 0 spiro atoms. The largest absolute Gasteiger partial charge is 0.324 e. The molecule has 1 aromatic carbocycles. The summed E-state index contributed by atoms with van der Waals surface area (Å²) in [6, 6.07) is 6.42. The summed E-state index contributed by atoms with van der Waals surface area (Å²) >= 11 is 0. The Bertz CT molecular complexity index is 514. The molecule has 1 aromatic heterocycles. The number of hydrogen-bond acceptors (Lipinski definition) is 3. The van der Waals surface area contributed by atoms with Crippen molar-refractivity contribution in [3.05, 3.63) is 35.2 Å². The number of nitrogens with two attached hydrogens (primary N) is 1. The Balaban J connectivity index is 2.46. The van der Waals surface area contributed by atoms with Crippen molar-refractivity contribution >= 4 is 0 Å². The van der Waals surface area contributed by atoms with Crippen LogP contribution in [-0.4, -0.2) is 15.2 Å². The average molecular weight is 230 g/mol. The minimum absolute atomic E-state index is 0.385. The van der Waals surface area contributed by atoms with Crippen LogP contribution in [0.2, 0.25) is 0 Å². The minimum atomic E-state index is 0.385. The van der Waals surface area contributed by atoms with E-state index in [4.69, 9.17) is 5.73 Å². The van der Waals surface area contributed by atoms with Crippen LogP contribution >= 0.6 is 0 Å². The third kappa shape index (κ3) is 2.36. The second-order valence-electron chi connectivity index (χ2n) is 4.54. The van der Waals surface area contributed by atoms with Crippen molar-refractivity contribution in [3.8, 4) is 11.4 Å². The number of aromatic nitrogens is 3. The molecule has 2 aromatic rings. The molecule has 0 fully saturated rings. The van der Waals surface area contributed by atoms with E-state index < -0.39 is 0 Å². The summed E-state index contributed by atoms with van der Waals surface area (Å²) < 4.78 is 0. The first kappa shape index (κ1) is 11.8. The van der Waals surface area contributed by atoms with Gasteiger partial charge < -0.3 is 5.73 Å². The van der Waals surface area contributed by atoms with E-state index in [9.17, 15) is 0 Å². The number of aryl methyl sites for hydroxylation is 1. The Labute approximate surface area is 101 Å². The summed E-state index contributed by atoms with van der Waals surface area (Å²) in [6.45, 7) is 6.81. The Kier molecular flexibility index (Phi) is 3.24. The number of hydrogen-bond donors (Lipinski definition) is 2. The van der Waals surface area contributed by atoms with Gasteiger partial charge in [0.1, 0.15) is 5.82 Å². The zero-order valence-corrected chi connectivity index (χ0v) is 10.5. The number of benzene rings is 1.